The number of halogens is 1. The SMILES string of the molecule is Cc1cc(Nc2nc(Nc3cc(C)c(C4COC(=O)N4)cc3C)ncc2Cl)n[nH]1. The summed E-state index contributed by atoms with van der Waals surface area (Å²) in [6, 6.07) is 5.73. The maximum atomic E-state index is 11.3. The van der Waals surface area contributed by atoms with Gasteiger partial charge in [-0.25, -0.2) is 9.78 Å². The molecule has 0 radical (unpaired) electrons. The van der Waals surface area contributed by atoms with E-state index in [0.29, 0.717) is 29.2 Å². The molecule has 9 nitrogen and oxygen atoms in total. The molecule has 29 heavy (non-hydrogen) atoms. The van der Waals surface area contributed by atoms with Gasteiger partial charge in [0.15, 0.2) is 11.6 Å². The van der Waals surface area contributed by atoms with Gasteiger partial charge in [-0.15, -0.1) is 0 Å². The van der Waals surface area contributed by atoms with Crippen LogP contribution in [0.2, 0.25) is 5.02 Å². The molecule has 10 heteroatoms. The van der Waals surface area contributed by atoms with Crippen LogP contribution < -0.4 is 16.0 Å². The first-order valence-corrected chi connectivity index (χ1v) is 9.40. The average molecular weight is 414 g/mol. The van der Waals surface area contributed by atoms with Crippen LogP contribution in [0.15, 0.2) is 24.4 Å². The number of cyclic esters (lactones) is 1. The molecule has 3 aromatic rings. The first-order valence-electron chi connectivity index (χ1n) is 9.02. The molecule has 150 valence electrons. The Bertz CT molecular complexity index is 1080. The van der Waals surface area contributed by atoms with Gasteiger partial charge in [0.05, 0.1) is 12.2 Å². The van der Waals surface area contributed by atoms with E-state index in [0.717, 1.165) is 28.1 Å². The van der Waals surface area contributed by atoms with Gasteiger partial charge in [0.2, 0.25) is 5.95 Å². The number of alkyl carbamates (subject to hydrolysis) is 1. The number of anilines is 4. The molecule has 1 atom stereocenters. The van der Waals surface area contributed by atoms with Gasteiger partial charge in [-0.2, -0.15) is 10.1 Å². The molecule has 0 saturated carbocycles. The number of hydrogen-bond donors (Lipinski definition) is 4. The van der Waals surface area contributed by atoms with Gasteiger partial charge in [-0.05, 0) is 43.5 Å². The predicted molar refractivity (Wildman–Crippen MR) is 110 cm³/mol. The Morgan fingerprint density at radius 2 is 2.00 bits per heavy atom. The number of nitrogens with one attached hydrogen (secondary N) is 4. The third-order valence-electron chi connectivity index (χ3n) is 4.60. The number of amides is 1. The largest absolute Gasteiger partial charge is 0.447 e. The summed E-state index contributed by atoms with van der Waals surface area (Å²) in [5, 5.41) is 16.5. The minimum absolute atomic E-state index is 0.143. The number of aromatic amines is 1. The Kier molecular flexibility index (Phi) is 4.98. The number of aryl methyl sites for hydroxylation is 3. The molecule has 3 heterocycles. The highest BCUT2D eigenvalue weighted by Gasteiger charge is 2.25. The fourth-order valence-corrected chi connectivity index (χ4v) is 3.28. The summed E-state index contributed by atoms with van der Waals surface area (Å²) < 4.78 is 5.00. The number of rotatable bonds is 5. The van der Waals surface area contributed by atoms with E-state index in [-0.39, 0.29) is 6.04 Å². The quantitative estimate of drug-likeness (QED) is 0.498. The Labute approximate surface area is 172 Å². The van der Waals surface area contributed by atoms with E-state index in [4.69, 9.17) is 16.3 Å². The number of carbonyl (C=O) groups excluding carboxylic acids is 1. The summed E-state index contributed by atoms with van der Waals surface area (Å²) >= 11 is 6.22. The monoisotopic (exact) mass is 413 g/mol. The first kappa shape index (κ1) is 19.0. The summed E-state index contributed by atoms with van der Waals surface area (Å²) in [4.78, 5) is 20.1. The van der Waals surface area contributed by atoms with Crippen LogP contribution in [0.25, 0.3) is 0 Å². The Balaban J connectivity index is 1.56. The molecule has 1 unspecified atom stereocenters. The van der Waals surface area contributed by atoms with Crippen LogP contribution in [0.4, 0.5) is 28.1 Å². The number of aromatic nitrogens is 4. The van der Waals surface area contributed by atoms with Crippen LogP contribution in [0.1, 0.15) is 28.4 Å². The first-order chi connectivity index (χ1) is 13.9. The van der Waals surface area contributed by atoms with Crippen molar-refractivity contribution in [2.75, 3.05) is 17.2 Å². The molecule has 1 amide bonds. The molecule has 0 spiro atoms. The highest BCUT2D eigenvalue weighted by Crippen LogP contribution is 2.30. The van der Waals surface area contributed by atoms with Crippen molar-refractivity contribution in [2.24, 2.45) is 0 Å². The second-order valence-corrected chi connectivity index (χ2v) is 7.30. The lowest BCUT2D eigenvalue weighted by molar-refractivity contribution is 0.177. The van der Waals surface area contributed by atoms with Crippen LogP contribution in [0.3, 0.4) is 0 Å². The van der Waals surface area contributed by atoms with Crippen molar-refractivity contribution in [2.45, 2.75) is 26.8 Å². The van der Waals surface area contributed by atoms with Crippen molar-refractivity contribution >= 4 is 41.0 Å². The summed E-state index contributed by atoms with van der Waals surface area (Å²) in [6.45, 7) is 6.20. The van der Waals surface area contributed by atoms with Gasteiger partial charge in [0.1, 0.15) is 11.6 Å². The molecule has 1 aromatic carbocycles. The van der Waals surface area contributed by atoms with E-state index in [9.17, 15) is 4.79 Å². The van der Waals surface area contributed by atoms with E-state index >= 15 is 0 Å². The van der Waals surface area contributed by atoms with Crippen molar-refractivity contribution in [1.82, 2.24) is 25.5 Å². The van der Waals surface area contributed by atoms with Crippen molar-refractivity contribution < 1.29 is 9.53 Å². The lowest BCUT2D eigenvalue weighted by Gasteiger charge is -2.16. The number of H-pyrrole nitrogens is 1. The lowest BCUT2D eigenvalue weighted by atomic mass is 9.98. The van der Waals surface area contributed by atoms with Crippen LogP contribution in [-0.4, -0.2) is 32.9 Å². The van der Waals surface area contributed by atoms with Gasteiger partial charge in [0, 0.05) is 17.4 Å². The normalized spacial score (nSPS) is 15.7. The zero-order valence-electron chi connectivity index (χ0n) is 16.1. The lowest BCUT2D eigenvalue weighted by Crippen LogP contribution is -2.19. The van der Waals surface area contributed by atoms with Crippen molar-refractivity contribution in [3.63, 3.8) is 0 Å². The van der Waals surface area contributed by atoms with Crippen LogP contribution >= 0.6 is 11.6 Å². The zero-order valence-corrected chi connectivity index (χ0v) is 16.9. The van der Waals surface area contributed by atoms with Gasteiger partial charge < -0.3 is 20.7 Å². The Hall–Kier alpha value is -3.33. The molecule has 4 N–H and O–H groups in total. The second-order valence-electron chi connectivity index (χ2n) is 6.90. The third-order valence-corrected chi connectivity index (χ3v) is 4.88. The molecule has 0 bridgehead atoms. The molecular weight excluding hydrogens is 394 g/mol. The van der Waals surface area contributed by atoms with E-state index in [1.807, 2.05) is 39.0 Å². The van der Waals surface area contributed by atoms with Gasteiger partial charge >= 0.3 is 6.09 Å². The smallest absolute Gasteiger partial charge is 0.407 e. The minimum Gasteiger partial charge on any atom is -0.447 e. The van der Waals surface area contributed by atoms with Gasteiger partial charge in [0.25, 0.3) is 0 Å². The third kappa shape index (κ3) is 4.09. The van der Waals surface area contributed by atoms with Gasteiger partial charge in [-0.3, -0.25) is 5.10 Å². The molecule has 1 saturated heterocycles. The molecule has 4 rings (SSSR count). The van der Waals surface area contributed by atoms with Crippen molar-refractivity contribution in [3.05, 3.63) is 51.8 Å². The highest BCUT2D eigenvalue weighted by atomic mass is 35.5. The molecule has 1 aliphatic heterocycles. The topological polar surface area (TPSA) is 117 Å². The second kappa shape index (κ2) is 7.59. The number of ether oxygens (including phenoxy) is 1. The number of benzene rings is 1. The maximum Gasteiger partial charge on any atom is 0.407 e. The number of carbonyl (C=O) groups is 1. The maximum absolute atomic E-state index is 11.3. The predicted octanol–water partition coefficient (Wildman–Crippen LogP) is 4.05. The molecule has 0 aliphatic carbocycles. The van der Waals surface area contributed by atoms with Crippen molar-refractivity contribution in [3.8, 4) is 0 Å². The van der Waals surface area contributed by atoms with E-state index in [2.05, 4.69) is 36.1 Å². The Morgan fingerprint density at radius 3 is 2.69 bits per heavy atom. The number of nitrogens with zero attached hydrogens (tertiary/aromatic N) is 3. The summed E-state index contributed by atoms with van der Waals surface area (Å²) in [5.41, 5.74) is 4.81. The molecule has 1 aliphatic rings. The fourth-order valence-electron chi connectivity index (χ4n) is 3.14. The van der Waals surface area contributed by atoms with Crippen LogP contribution in [0.5, 0.6) is 0 Å². The summed E-state index contributed by atoms with van der Waals surface area (Å²) in [7, 11) is 0. The fraction of sp³-hybridized carbons (Fsp3) is 0.263. The van der Waals surface area contributed by atoms with E-state index in [1.54, 1.807) is 0 Å². The Morgan fingerprint density at radius 1 is 1.17 bits per heavy atom. The highest BCUT2D eigenvalue weighted by molar-refractivity contribution is 6.32. The van der Waals surface area contributed by atoms with E-state index < -0.39 is 6.09 Å². The van der Waals surface area contributed by atoms with Crippen LogP contribution in [0, 0.1) is 20.8 Å². The van der Waals surface area contributed by atoms with Crippen molar-refractivity contribution in [1.29, 1.82) is 0 Å². The van der Waals surface area contributed by atoms with Gasteiger partial charge in [-0.1, -0.05) is 17.7 Å². The average Bonchev–Trinajstić information content (AvgIpc) is 3.29. The minimum atomic E-state index is -0.393. The molecule has 2 aromatic heterocycles. The van der Waals surface area contributed by atoms with E-state index in [1.165, 1.54) is 6.20 Å². The number of hydrogen-bond acceptors (Lipinski definition) is 7. The standard InChI is InChI=1S/C19H20ClN7O2/c1-9-5-14(10(2)4-12(9)15-8-29-19(28)23-15)22-18-21-7-13(20)17(25-18)24-16-6-11(3)26-27-16/h4-7,15H,8H2,1-3H3,(H,23,28)(H3,21,22,24,25,26,27). The molecular formula is C19H20ClN7O2. The summed E-state index contributed by atoms with van der Waals surface area (Å²) in [5.74, 6) is 1.47. The summed E-state index contributed by atoms with van der Waals surface area (Å²) in [6.07, 6.45) is 1.14. The van der Waals surface area contributed by atoms with Crippen LogP contribution in [-0.2, 0) is 4.74 Å². The zero-order chi connectivity index (χ0) is 20.5. The molecule has 1 fully saturated rings.